The molecule has 0 amide bonds. The Labute approximate surface area is 150 Å². The Kier molecular flexibility index (Phi) is 4.66. The molecule has 0 N–H and O–H groups in total. The van der Waals surface area contributed by atoms with Gasteiger partial charge in [-0.05, 0) is 23.6 Å². The van der Waals surface area contributed by atoms with E-state index < -0.39 is 24.7 Å². The summed E-state index contributed by atoms with van der Waals surface area (Å²) in [6.07, 6.45) is 0. The largest absolute Gasteiger partial charge is 0.435 e. The Bertz CT molecular complexity index is 1160. The number of hydrogen-bond acceptors (Lipinski definition) is 7. The van der Waals surface area contributed by atoms with Gasteiger partial charge in [-0.2, -0.15) is 16.8 Å². The fraction of sp³-hybridized carbons (Fsp3) is 0. The molecule has 3 aromatic carbocycles. The molecule has 0 saturated carbocycles. The number of carbonyl (C=O) groups is 1. The molecule has 0 atom stereocenters. The van der Waals surface area contributed by atoms with Crippen molar-refractivity contribution >= 4 is 35.5 Å². The summed E-state index contributed by atoms with van der Waals surface area (Å²) in [5, 5.41) is 1.07. The number of fused-ring (bicyclic) bond motifs is 1. The van der Waals surface area contributed by atoms with Gasteiger partial charge in [0.15, 0.2) is 5.75 Å². The van der Waals surface area contributed by atoms with Crippen LogP contribution in [0, 0.1) is 0 Å². The molecule has 0 aromatic heterocycles. The van der Waals surface area contributed by atoms with Crippen molar-refractivity contribution in [3.63, 3.8) is 0 Å². The van der Waals surface area contributed by atoms with Crippen molar-refractivity contribution < 1.29 is 30.0 Å². The minimum Gasteiger partial charge on any atom is -0.376 e. The molecule has 0 aliphatic heterocycles. The molecule has 0 unspecified atom stereocenters. The van der Waals surface area contributed by atoms with E-state index in [9.17, 15) is 21.6 Å². The summed E-state index contributed by atoms with van der Waals surface area (Å²) < 4.78 is 55.4. The molecule has 26 heavy (non-hydrogen) atoms. The molecule has 0 bridgehead atoms. The van der Waals surface area contributed by atoms with E-state index in [-0.39, 0.29) is 11.5 Å². The van der Waals surface area contributed by atoms with Crippen molar-refractivity contribution in [2.45, 2.75) is 0 Å². The molecular weight excluding hydrogens is 380 g/mol. The van der Waals surface area contributed by atoms with Crippen LogP contribution < -0.4 is 8.37 Å². The summed E-state index contributed by atoms with van der Waals surface area (Å²) in [6.45, 7) is 0. The highest BCUT2D eigenvalue weighted by atomic mass is 32.3. The molecule has 0 fully saturated rings. The van der Waals surface area contributed by atoms with Crippen molar-refractivity contribution in [2.75, 3.05) is 0 Å². The lowest BCUT2D eigenvalue weighted by molar-refractivity contribution is 0.268. The van der Waals surface area contributed by atoms with Gasteiger partial charge < -0.3 is 8.37 Å². The fourth-order valence-electron chi connectivity index (χ4n) is 2.18. The molecule has 0 radical (unpaired) electrons. The lowest BCUT2D eigenvalue weighted by Gasteiger charge is -2.09. The smallest absolute Gasteiger partial charge is 0.376 e. The number of para-hydroxylation sites is 1. The number of hydrogen-bond donors (Lipinski definition) is 0. The summed E-state index contributed by atoms with van der Waals surface area (Å²) >= 11 is 0. The predicted octanol–water partition coefficient (Wildman–Crippen LogP) is 3.08. The maximum Gasteiger partial charge on any atom is 0.435 e. The first-order valence-corrected chi connectivity index (χ1v) is 10.1. The standard InChI is InChI=1S/C17H12O7S2/c18-17(25(19,20)23-14-9-2-1-3-10-14)26(21,22)24-16-12-6-8-13-7-4-5-11-15(13)16/h1-12H. The Morgan fingerprint density at radius 3 is 1.96 bits per heavy atom. The minimum atomic E-state index is -5.13. The summed E-state index contributed by atoms with van der Waals surface area (Å²) in [7, 11) is -10.2. The first-order chi connectivity index (χ1) is 12.3. The molecule has 0 heterocycles. The maximum absolute atomic E-state index is 12.1. The zero-order chi connectivity index (χ0) is 18.8. The second-order valence-electron chi connectivity index (χ2n) is 5.12. The van der Waals surface area contributed by atoms with Gasteiger partial charge in [0.1, 0.15) is 5.75 Å². The lowest BCUT2D eigenvalue weighted by atomic mass is 10.1. The maximum atomic E-state index is 12.1. The van der Waals surface area contributed by atoms with Gasteiger partial charge in [0, 0.05) is 5.39 Å². The fourth-order valence-corrected chi connectivity index (χ4v) is 4.27. The highest BCUT2D eigenvalue weighted by molar-refractivity contribution is 8.27. The van der Waals surface area contributed by atoms with E-state index in [1.807, 2.05) is 0 Å². The van der Waals surface area contributed by atoms with Crippen LogP contribution in [0.4, 0.5) is 4.79 Å². The average molecular weight is 392 g/mol. The SMILES string of the molecule is O=C(S(=O)(=O)Oc1ccccc1)S(=O)(=O)Oc1cccc2ccccc12. The summed E-state index contributed by atoms with van der Waals surface area (Å²) in [5.74, 6) is -0.354. The predicted molar refractivity (Wildman–Crippen MR) is 94.9 cm³/mol. The van der Waals surface area contributed by atoms with Crippen LogP contribution in [0.3, 0.4) is 0 Å². The Hall–Kier alpha value is -2.91. The van der Waals surface area contributed by atoms with E-state index in [1.54, 1.807) is 36.4 Å². The normalized spacial score (nSPS) is 11.8. The summed E-state index contributed by atoms with van der Waals surface area (Å²) in [4.78, 5) is 12.0. The molecule has 7 nitrogen and oxygen atoms in total. The third-order valence-electron chi connectivity index (χ3n) is 3.31. The number of carbonyl (C=O) groups excluding carboxylic acids is 1. The zero-order valence-electron chi connectivity index (χ0n) is 13.1. The lowest BCUT2D eigenvalue weighted by Crippen LogP contribution is -2.30. The van der Waals surface area contributed by atoms with Gasteiger partial charge in [-0.25, -0.2) is 0 Å². The highest BCUT2D eigenvalue weighted by Gasteiger charge is 2.40. The zero-order valence-corrected chi connectivity index (χ0v) is 14.7. The Morgan fingerprint density at radius 2 is 1.23 bits per heavy atom. The molecular formula is C17H12O7S2. The quantitative estimate of drug-likeness (QED) is 0.629. The molecule has 0 spiro atoms. The molecule has 3 rings (SSSR count). The van der Waals surface area contributed by atoms with Crippen molar-refractivity contribution in [1.29, 1.82) is 0 Å². The van der Waals surface area contributed by atoms with Crippen molar-refractivity contribution in [2.24, 2.45) is 0 Å². The van der Waals surface area contributed by atoms with Crippen LogP contribution in [0.15, 0.2) is 72.8 Å². The van der Waals surface area contributed by atoms with Crippen molar-refractivity contribution in [3.05, 3.63) is 72.8 Å². The monoisotopic (exact) mass is 392 g/mol. The van der Waals surface area contributed by atoms with Crippen LogP contribution in [0.1, 0.15) is 0 Å². The van der Waals surface area contributed by atoms with Gasteiger partial charge >= 0.3 is 24.7 Å². The van der Waals surface area contributed by atoms with Crippen LogP contribution in [0.25, 0.3) is 10.8 Å². The molecule has 0 saturated heterocycles. The van der Waals surface area contributed by atoms with Crippen LogP contribution in [-0.4, -0.2) is 21.3 Å². The van der Waals surface area contributed by atoms with E-state index in [0.29, 0.717) is 10.8 Å². The second kappa shape index (κ2) is 6.77. The molecule has 3 aromatic rings. The molecule has 0 aliphatic carbocycles. The molecule has 9 heteroatoms. The van der Waals surface area contributed by atoms with E-state index in [1.165, 1.54) is 36.4 Å². The van der Waals surface area contributed by atoms with Crippen molar-refractivity contribution in [3.8, 4) is 11.5 Å². The van der Waals surface area contributed by atoms with E-state index in [0.717, 1.165) is 0 Å². The third-order valence-corrected chi connectivity index (χ3v) is 6.16. The Balaban J connectivity index is 1.91. The van der Waals surface area contributed by atoms with Gasteiger partial charge in [-0.1, -0.05) is 54.6 Å². The van der Waals surface area contributed by atoms with Gasteiger partial charge in [0.25, 0.3) is 0 Å². The summed E-state index contributed by atoms with van der Waals surface area (Å²) in [6, 6.07) is 18.3. The first kappa shape index (κ1) is 17.9. The van der Waals surface area contributed by atoms with Gasteiger partial charge in [0.05, 0.1) is 0 Å². The Morgan fingerprint density at radius 1 is 0.654 bits per heavy atom. The van der Waals surface area contributed by atoms with Crippen LogP contribution in [0.5, 0.6) is 11.5 Å². The van der Waals surface area contributed by atoms with E-state index >= 15 is 0 Å². The molecule has 0 aliphatic rings. The van der Waals surface area contributed by atoms with Crippen LogP contribution >= 0.6 is 0 Å². The third kappa shape index (κ3) is 3.68. The van der Waals surface area contributed by atoms with Gasteiger partial charge in [0.2, 0.25) is 0 Å². The highest BCUT2D eigenvalue weighted by Crippen LogP contribution is 2.27. The van der Waals surface area contributed by atoms with E-state index in [4.69, 9.17) is 4.18 Å². The van der Waals surface area contributed by atoms with Crippen LogP contribution in [0.2, 0.25) is 0 Å². The topological polar surface area (TPSA) is 104 Å². The van der Waals surface area contributed by atoms with Gasteiger partial charge in [-0.3, -0.25) is 4.79 Å². The number of benzene rings is 3. The van der Waals surface area contributed by atoms with E-state index in [2.05, 4.69) is 4.18 Å². The van der Waals surface area contributed by atoms with Crippen LogP contribution in [-0.2, 0) is 20.2 Å². The van der Waals surface area contributed by atoms with Crippen molar-refractivity contribution in [1.82, 2.24) is 0 Å². The van der Waals surface area contributed by atoms with Gasteiger partial charge in [-0.15, -0.1) is 0 Å². The summed E-state index contributed by atoms with van der Waals surface area (Å²) in [5.41, 5.74) is 0. The number of rotatable bonds is 4. The minimum absolute atomic E-state index is 0.161. The molecule has 134 valence electrons. The first-order valence-electron chi connectivity index (χ1n) is 7.25. The average Bonchev–Trinajstić information content (AvgIpc) is 2.61. The second-order valence-corrected chi connectivity index (χ2v) is 8.27.